The Hall–Kier alpha value is -0.300. The topological polar surface area (TPSA) is 40.5 Å². The second-order valence-electron chi connectivity index (χ2n) is 12.1. The molecule has 0 aromatic heterocycles. The van der Waals surface area contributed by atoms with Gasteiger partial charge in [-0.15, -0.1) is 0 Å². The molecule has 3 rings (SSSR count). The van der Waals surface area contributed by atoms with Gasteiger partial charge in [0.2, 0.25) is 0 Å². The van der Waals surface area contributed by atoms with E-state index in [4.69, 9.17) is 0 Å². The fourth-order valence-electron chi connectivity index (χ4n) is 4.59. The summed E-state index contributed by atoms with van der Waals surface area (Å²) in [5.41, 5.74) is 4.59. The first-order valence-electron chi connectivity index (χ1n) is 13.0. The number of phenols is 2. The average Bonchev–Trinajstić information content (AvgIpc) is 2.76. The zero-order valence-electron chi connectivity index (χ0n) is 22.6. The number of benzene rings is 2. The van der Waals surface area contributed by atoms with Crippen LogP contribution in [0.5, 0.6) is 11.5 Å². The molecule has 0 saturated heterocycles. The molecule has 2 N–H and O–H groups in total. The molecule has 0 aliphatic heterocycles. The van der Waals surface area contributed by atoms with Crippen LogP contribution in [0.4, 0.5) is 0 Å². The summed E-state index contributed by atoms with van der Waals surface area (Å²) in [5.74, 6) is 2.37. The van der Waals surface area contributed by atoms with E-state index < -0.39 is 0 Å². The Morgan fingerprint density at radius 3 is 1.36 bits per heavy atom. The molecule has 1 aliphatic rings. The van der Waals surface area contributed by atoms with Crippen LogP contribution in [0, 0.1) is 0 Å². The van der Waals surface area contributed by atoms with Crippen LogP contribution in [0.1, 0.15) is 102 Å². The Morgan fingerprint density at radius 2 is 1.03 bits per heavy atom. The van der Waals surface area contributed by atoms with Crippen LogP contribution in [0.3, 0.4) is 0 Å². The molecule has 1 fully saturated rings. The van der Waals surface area contributed by atoms with Gasteiger partial charge in [0.05, 0.1) is 8.95 Å². The number of hydrogen-bond donors (Lipinski definition) is 2. The highest BCUT2D eigenvalue weighted by Crippen LogP contribution is 2.42. The van der Waals surface area contributed by atoms with Crippen LogP contribution >= 0.6 is 55.4 Å². The van der Waals surface area contributed by atoms with E-state index in [2.05, 4.69) is 85.5 Å². The number of rotatable bonds is 6. The third-order valence-electron chi connectivity index (χ3n) is 7.06. The number of thioether (sulfide) groups is 2. The molecule has 2 aromatic rings. The first kappa shape index (κ1) is 30.2. The molecule has 2 aromatic carbocycles. The highest BCUT2D eigenvalue weighted by molar-refractivity contribution is 9.10. The fraction of sp³-hybridized carbons (Fsp3) is 0.600. The minimum Gasteiger partial charge on any atom is -0.506 e. The van der Waals surface area contributed by atoms with Gasteiger partial charge in [0.25, 0.3) is 0 Å². The standard InChI is InChI=1S/C30H42Br2O2S2/c1-29(2,3)21-13-19(27(33)23(31)15-21)17-35-25-11-9-7-8-10-12-26(25)36-18-20-14-22(30(4,5)6)16-24(32)28(20)34/h13-16,25-26,33-34H,7-12,17-18H2,1-6H3/t25-,26?/m0/s1. The molecule has 1 saturated carbocycles. The quantitative estimate of drug-likeness (QED) is 0.324. The van der Waals surface area contributed by atoms with Crippen molar-refractivity contribution in [2.45, 2.75) is 113 Å². The molecule has 1 unspecified atom stereocenters. The molecule has 0 amide bonds. The summed E-state index contributed by atoms with van der Waals surface area (Å²) in [4.78, 5) is 0. The van der Waals surface area contributed by atoms with Crippen LogP contribution < -0.4 is 0 Å². The molecule has 0 spiro atoms. The van der Waals surface area contributed by atoms with Crippen molar-refractivity contribution in [1.29, 1.82) is 0 Å². The Balaban J connectivity index is 1.78. The monoisotopic (exact) mass is 656 g/mol. The van der Waals surface area contributed by atoms with Crippen molar-refractivity contribution in [2.75, 3.05) is 0 Å². The molecule has 200 valence electrons. The van der Waals surface area contributed by atoms with Gasteiger partial charge in [-0.1, -0.05) is 79.4 Å². The molecule has 2 atom stereocenters. The lowest BCUT2D eigenvalue weighted by Crippen LogP contribution is -2.22. The highest BCUT2D eigenvalue weighted by atomic mass is 79.9. The molecular formula is C30H42Br2O2S2. The smallest absolute Gasteiger partial charge is 0.133 e. The highest BCUT2D eigenvalue weighted by Gasteiger charge is 2.26. The van der Waals surface area contributed by atoms with Gasteiger partial charge in [0.15, 0.2) is 0 Å². The van der Waals surface area contributed by atoms with Crippen LogP contribution in [0.15, 0.2) is 33.2 Å². The predicted octanol–water partition coefficient (Wildman–Crippen LogP) is 10.5. The van der Waals surface area contributed by atoms with Crippen molar-refractivity contribution in [3.05, 3.63) is 55.5 Å². The molecule has 1 aliphatic carbocycles. The summed E-state index contributed by atoms with van der Waals surface area (Å²) < 4.78 is 1.57. The van der Waals surface area contributed by atoms with Gasteiger partial charge in [0, 0.05) is 33.1 Å². The van der Waals surface area contributed by atoms with Gasteiger partial charge in [-0.05, 0) is 78.8 Å². The van der Waals surface area contributed by atoms with E-state index >= 15 is 0 Å². The van der Waals surface area contributed by atoms with Gasteiger partial charge < -0.3 is 10.2 Å². The summed E-state index contributed by atoms with van der Waals surface area (Å²) in [5, 5.41) is 22.6. The van der Waals surface area contributed by atoms with E-state index in [-0.39, 0.29) is 10.8 Å². The van der Waals surface area contributed by atoms with E-state index in [0.29, 0.717) is 22.0 Å². The molecule has 0 radical (unpaired) electrons. The zero-order chi connectivity index (χ0) is 26.7. The van der Waals surface area contributed by atoms with E-state index in [1.54, 1.807) is 0 Å². The normalized spacial score (nSPS) is 19.7. The van der Waals surface area contributed by atoms with Crippen molar-refractivity contribution in [1.82, 2.24) is 0 Å². The van der Waals surface area contributed by atoms with Crippen LogP contribution in [0.2, 0.25) is 0 Å². The molecule has 6 heteroatoms. The third kappa shape index (κ3) is 8.10. The maximum atomic E-state index is 10.8. The number of hydrogen-bond acceptors (Lipinski definition) is 4. The minimum atomic E-state index is 0.0339. The van der Waals surface area contributed by atoms with Crippen molar-refractivity contribution in [2.24, 2.45) is 0 Å². The molecular weight excluding hydrogens is 616 g/mol. The van der Waals surface area contributed by atoms with Crippen LogP contribution in [-0.2, 0) is 22.3 Å². The summed E-state index contributed by atoms with van der Waals surface area (Å²) >= 11 is 11.2. The number of aromatic hydroxyl groups is 2. The lowest BCUT2D eigenvalue weighted by Gasteiger charge is -2.29. The maximum absolute atomic E-state index is 10.8. The van der Waals surface area contributed by atoms with Gasteiger partial charge >= 0.3 is 0 Å². The average molecular weight is 659 g/mol. The van der Waals surface area contributed by atoms with Gasteiger partial charge in [-0.3, -0.25) is 0 Å². The van der Waals surface area contributed by atoms with Crippen LogP contribution in [0.25, 0.3) is 0 Å². The number of halogens is 2. The number of phenolic OH excluding ortho intramolecular Hbond substituents is 2. The zero-order valence-corrected chi connectivity index (χ0v) is 27.4. The Morgan fingerprint density at radius 1 is 0.667 bits per heavy atom. The maximum Gasteiger partial charge on any atom is 0.133 e. The van der Waals surface area contributed by atoms with Crippen molar-refractivity contribution in [3.8, 4) is 11.5 Å². The summed E-state index contributed by atoms with van der Waals surface area (Å²) in [6, 6.07) is 8.47. The molecule has 36 heavy (non-hydrogen) atoms. The minimum absolute atomic E-state index is 0.0339. The fourth-order valence-corrected chi connectivity index (χ4v) is 8.66. The van der Waals surface area contributed by atoms with E-state index in [9.17, 15) is 10.2 Å². The summed E-state index contributed by atoms with van der Waals surface area (Å²) in [6.45, 7) is 13.3. The van der Waals surface area contributed by atoms with Crippen molar-refractivity contribution >= 4 is 55.4 Å². The van der Waals surface area contributed by atoms with Gasteiger partial charge in [-0.2, -0.15) is 23.5 Å². The summed E-state index contributed by atoms with van der Waals surface area (Å²) in [6.07, 6.45) is 7.57. The predicted molar refractivity (Wildman–Crippen MR) is 167 cm³/mol. The second kappa shape index (κ2) is 12.7. The first-order chi connectivity index (χ1) is 16.8. The van der Waals surface area contributed by atoms with Gasteiger partial charge in [0.1, 0.15) is 11.5 Å². The largest absolute Gasteiger partial charge is 0.506 e. The van der Waals surface area contributed by atoms with E-state index in [1.165, 1.54) is 49.7 Å². The molecule has 0 bridgehead atoms. The van der Waals surface area contributed by atoms with E-state index in [1.807, 2.05) is 35.7 Å². The Labute approximate surface area is 244 Å². The van der Waals surface area contributed by atoms with Crippen molar-refractivity contribution < 1.29 is 10.2 Å². The first-order valence-corrected chi connectivity index (χ1v) is 16.7. The third-order valence-corrected chi connectivity index (χ3v) is 11.4. The molecule has 2 nitrogen and oxygen atoms in total. The van der Waals surface area contributed by atoms with Crippen LogP contribution in [-0.4, -0.2) is 20.7 Å². The van der Waals surface area contributed by atoms with Crippen molar-refractivity contribution in [3.63, 3.8) is 0 Å². The van der Waals surface area contributed by atoms with Gasteiger partial charge in [-0.25, -0.2) is 0 Å². The lowest BCUT2D eigenvalue weighted by atomic mass is 9.86. The summed E-state index contributed by atoms with van der Waals surface area (Å²) in [7, 11) is 0. The Kier molecular flexibility index (Phi) is 10.7. The Bertz CT molecular complexity index is 957. The van der Waals surface area contributed by atoms with E-state index in [0.717, 1.165) is 31.6 Å². The molecule has 0 heterocycles. The SMILES string of the molecule is CC(C)(C)c1cc(Br)c(O)c(CSC2CCCCCC[C@@H]2SCc2cc(C(C)(C)C)cc(Br)c2O)c1. The lowest BCUT2D eigenvalue weighted by molar-refractivity contribution is 0.464. The second-order valence-corrected chi connectivity index (χ2v) is 16.3.